The number of nitrogens with zero attached hydrogens (tertiary/aromatic N) is 2. The van der Waals surface area contributed by atoms with Crippen molar-refractivity contribution in [2.75, 3.05) is 28.7 Å². The largest absolute Gasteiger partial charge is 0.486 e. The zero-order valence-electron chi connectivity index (χ0n) is 20.2. The van der Waals surface area contributed by atoms with Gasteiger partial charge in [0.2, 0.25) is 0 Å². The lowest BCUT2D eigenvalue weighted by molar-refractivity contribution is 0.262. The Labute approximate surface area is 210 Å². The van der Waals surface area contributed by atoms with Crippen LogP contribution in [-0.4, -0.2) is 31.1 Å². The third-order valence-electron chi connectivity index (χ3n) is 5.83. The van der Waals surface area contributed by atoms with Gasteiger partial charge in [0, 0.05) is 23.7 Å². The summed E-state index contributed by atoms with van der Waals surface area (Å²) in [5.41, 5.74) is 7.10. The van der Waals surface area contributed by atoms with Crippen molar-refractivity contribution in [2.24, 2.45) is 22.6 Å². The van der Waals surface area contributed by atoms with E-state index >= 15 is 0 Å². The van der Waals surface area contributed by atoms with Gasteiger partial charge in [0.25, 0.3) is 0 Å². The van der Waals surface area contributed by atoms with Crippen molar-refractivity contribution < 1.29 is 13.9 Å². The van der Waals surface area contributed by atoms with Gasteiger partial charge in [-0.05, 0) is 49.1 Å². The van der Waals surface area contributed by atoms with Crippen LogP contribution in [0.4, 0.5) is 26.2 Å². The maximum atomic E-state index is 14.2. The van der Waals surface area contributed by atoms with Gasteiger partial charge in [0.15, 0.2) is 5.84 Å². The highest BCUT2D eigenvalue weighted by atomic mass is 35.5. The molecule has 0 aromatic heterocycles. The van der Waals surface area contributed by atoms with E-state index in [1.54, 1.807) is 6.07 Å². The molecule has 0 heterocycles. The van der Waals surface area contributed by atoms with Gasteiger partial charge in [0.1, 0.15) is 18.2 Å². The van der Waals surface area contributed by atoms with Gasteiger partial charge in [-0.2, -0.15) is 5.10 Å². The van der Waals surface area contributed by atoms with E-state index < -0.39 is 11.8 Å². The summed E-state index contributed by atoms with van der Waals surface area (Å²) < 4.78 is 19.9. The predicted octanol–water partition coefficient (Wildman–Crippen LogP) is 5.53. The summed E-state index contributed by atoms with van der Waals surface area (Å²) in [5.74, 6) is 5.62. The number of hydrogen-bond donors (Lipinski definition) is 4. The van der Waals surface area contributed by atoms with E-state index in [9.17, 15) is 9.18 Å². The summed E-state index contributed by atoms with van der Waals surface area (Å²) in [6, 6.07) is 9.35. The summed E-state index contributed by atoms with van der Waals surface area (Å²) in [6.07, 6.45) is 5.78. The van der Waals surface area contributed by atoms with Gasteiger partial charge in [0.05, 0.1) is 17.1 Å². The van der Waals surface area contributed by atoms with Crippen molar-refractivity contribution in [3.05, 3.63) is 47.2 Å². The van der Waals surface area contributed by atoms with E-state index in [4.69, 9.17) is 27.9 Å². The molecular formula is C25H34ClFN6O2. The van der Waals surface area contributed by atoms with Crippen LogP contribution in [0.5, 0.6) is 5.75 Å². The molecule has 0 aliphatic heterocycles. The number of nitrogens with two attached hydrogens (primary N) is 2. The maximum Gasteiger partial charge on any atom is 0.323 e. The van der Waals surface area contributed by atoms with Crippen LogP contribution in [0.15, 0.2) is 41.5 Å². The molecule has 0 radical (unpaired) electrons. The van der Waals surface area contributed by atoms with Crippen LogP contribution in [0.1, 0.15) is 46.0 Å². The number of benzene rings is 2. The number of carbonyl (C=O) groups excluding carboxylic acids is 1. The molecule has 0 atom stereocenters. The Morgan fingerprint density at radius 3 is 2.54 bits per heavy atom. The lowest BCUT2D eigenvalue weighted by Crippen LogP contribution is -2.40. The molecule has 2 amide bonds. The van der Waals surface area contributed by atoms with Gasteiger partial charge in [-0.15, -0.1) is 0 Å². The molecule has 2 aromatic rings. The molecule has 0 spiro atoms. The fourth-order valence-corrected chi connectivity index (χ4v) is 4.41. The van der Waals surface area contributed by atoms with Crippen molar-refractivity contribution in [3.63, 3.8) is 0 Å². The van der Waals surface area contributed by atoms with Crippen LogP contribution in [-0.2, 0) is 0 Å². The predicted molar refractivity (Wildman–Crippen MR) is 141 cm³/mol. The van der Waals surface area contributed by atoms with Gasteiger partial charge in [-0.1, -0.05) is 44.7 Å². The molecule has 190 valence electrons. The first-order valence-electron chi connectivity index (χ1n) is 11.9. The SMILES string of the molecule is CC(C)CN(c1ccc(OC/C(N)=N/N)cc1NC(=O)Nc1ccc(Cl)cc1F)C1CCCCC1. The number of ether oxygens (including phenoxy) is 1. The first-order valence-corrected chi connectivity index (χ1v) is 12.2. The molecule has 1 aliphatic rings. The zero-order chi connectivity index (χ0) is 25.4. The first-order chi connectivity index (χ1) is 16.8. The Bertz CT molecular complexity index is 1040. The smallest absolute Gasteiger partial charge is 0.323 e. The van der Waals surface area contributed by atoms with E-state index in [0.717, 1.165) is 31.1 Å². The third-order valence-corrected chi connectivity index (χ3v) is 6.07. The van der Waals surface area contributed by atoms with E-state index in [-0.39, 0.29) is 23.2 Å². The van der Waals surface area contributed by atoms with Crippen LogP contribution in [0.3, 0.4) is 0 Å². The second kappa shape index (κ2) is 12.5. The van der Waals surface area contributed by atoms with Gasteiger partial charge in [-0.3, -0.25) is 0 Å². The summed E-state index contributed by atoms with van der Waals surface area (Å²) in [7, 11) is 0. The minimum atomic E-state index is -0.620. The Hall–Kier alpha value is -3.20. The highest BCUT2D eigenvalue weighted by molar-refractivity contribution is 6.30. The van der Waals surface area contributed by atoms with E-state index in [0.29, 0.717) is 23.4 Å². The Balaban J connectivity index is 1.91. The van der Waals surface area contributed by atoms with E-state index in [1.807, 2.05) is 12.1 Å². The van der Waals surface area contributed by atoms with E-state index in [1.165, 1.54) is 31.4 Å². The number of rotatable bonds is 9. The Morgan fingerprint density at radius 2 is 1.89 bits per heavy atom. The van der Waals surface area contributed by atoms with Crippen molar-refractivity contribution in [1.82, 2.24) is 0 Å². The van der Waals surface area contributed by atoms with Crippen molar-refractivity contribution >= 4 is 40.5 Å². The standard InChI is InChI=1S/C25H34ClFN6O2/c1-16(2)14-33(18-6-4-3-5-7-18)23-11-9-19(35-15-24(28)32-29)13-22(23)31-25(34)30-21-10-8-17(26)12-20(21)27/h8-13,16,18H,3-7,14-15,29H2,1-2H3,(H2,28,32)(H2,30,31,34). The van der Waals surface area contributed by atoms with Crippen molar-refractivity contribution in [2.45, 2.75) is 52.0 Å². The summed E-state index contributed by atoms with van der Waals surface area (Å²) in [5, 5.41) is 9.09. The molecule has 0 unspecified atom stereocenters. The fourth-order valence-electron chi connectivity index (χ4n) is 4.25. The molecule has 2 aromatic carbocycles. The maximum absolute atomic E-state index is 14.2. The number of hydrogen-bond acceptors (Lipinski definition) is 5. The van der Waals surface area contributed by atoms with Crippen molar-refractivity contribution in [1.29, 1.82) is 0 Å². The number of urea groups is 1. The molecule has 0 bridgehead atoms. The highest BCUT2D eigenvalue weighted by Crippen LogP contribution is 2.36. The zero-order valence-corrected chi connectivity index (χ0v) is 20.9. The molecule has 1 saturated carbocycles. The number of anilines is 3. The number of halogens is 2. The second-order valence-electron chi connectivity index (χ2n) is 9.13. The molecular weight excluding hydrogens is 471 g/mol. The third kappa shape index (κ3) is 7.65. The number of carbonyl (C=O) groups is 1. The van der Waals surface area contributed by atoms with E-state index in [2.05, 4.69) is 34.5 Å². The number of amidine groups is 1. The van der Waals surface area contributed by atoms with Crippen molar-refractivity contribution in [3.8, 4) is 5.75 Å². The summed E-state index contributed by atoms with van der Waals surface area (Å²) in [4.78, 5) is 15.2. The van der Waals surface area contributed by atoms with Gasteiger partial charge < -0.3 is 31.8 Å². The summed E-state index contributed by atoms with van der Waals surface area (Å²) in [6.45, 7) is 5.19. The number of hydrazone groups is 1. The number of nitrogens with one attached hydrogen (secondary N) is 2. The molecule has 6 N–H and O–H groups in total. The average molecular weight is 505 g/mol. The van der Waals surface area contributed by atoms with Gasteiger partial charge >= 0.3 is 6.03 Å². The average Bonchev–Trinajstić information content (AvgIpc) is 2.83. The minimum absolute atomic E-state index is 0.00972. The summed E-state index contributed by atoms with van der Waals surface area (Å²) >= 11 is 5.82. The topological polar surface area (TPSA) is 118 Å². The number of amides is 2. The fraction of sp³-hybridized carbons (Fsp3) is 0.440. The van der Waals surface area contributed by atoms with Crippen LogP contribution >= 0.6 is 11.6 Å². The molecule has 8 nitrogen and oxygen atoms in total. The molecule has 1 aliphatic carbocycles. The van der Waals surface area contributed by atoms with Crippen LogP contribution in [0.2, 0.25) is 5.02 Å². The quantitative estimate of drug-likeness (QED) is 0.155. The molecule has 1 fully saturated rings. The first kappa shape index (κ1) is 26.4. The van der Waals surface area contributed by atoms with Gasteiger partial charge in [-0.25, -0.2) is 9.18 Å². The minimum Gasteiger partial charge on any atom is -0.486 e. The molecule has 10 heteroatoms. The molecule has 35 heavy (non-hydrogen) atoms. The van der Waals surface area contributed by atoms with Crippen LogP contribution in [0.25, 0.3) is 0 Å². The van der Waals surface area contributed by atoms with Crippen LogP contribution < -0.4 is 31.8 Å². The normalized spacial score (nSPS) is 14.6. The molecule has 0 saturated heterocycles. The highest BCUT2D eigenvalue weighted by Gasteiger charge is 2.25. The Kier molecular flexibility index (Phi) is 9.42. The van der Waals surface area contributed by atoms with Crippen LogP contribution in [0, 0.1) is 11.7 Å². The lowest BCUT2D eigenvalue weighted by Gasteiger charge is -2.38. The monoisotopic (exact) mass is 504 g/mol. The Morgan fingerprint density at radius 1 is 1.17 bits per heavy atom. The lowest BCUT2D eigenvalue weighted by atomic mass is 9.93. The second-order valence-corrected chi connectivity index (χ2v) is 9.57. The molecule has 3 rings (SSSR count).